The van der Waals surface area contributed by atoms with Gasteiger partial charge in [0.05, 0.1) is 12.5 Å². The van der Waals surface area contributed by atoms with Gasteiger partial charge in [0.15, 0.2) is 0 Å². The number of nitrogens with two attached hydrogens (primary N) is 3. The summed E-state index contributed by atoms with van der Waals surface area (Å²) in [6.07, 6.45) is -0.142. The average Bonchev–Trinajstić information content (AvgIpc) is 2.85. The smallest absolute Gasteiger partial charge is 0.326 e. The molecule has 1 aromatic carbocycles. The number of carbonyl (C=O) groups is 6. The molecule has 1 aromatic rings. The van der Waals surface area contributed by atoms with E-state index in [0.717, 1.165) is 0 Å². The van der Waals surface area contributed by atoms with E-state index in [1.165, 1.54) is 0 Å². The molecule has 0 aliphatic rings. The molecule has 0 aliphatic heterocycles. The van der Waals surface area contributed by atoms with Gasteiger partial charge in [-0.05, 0) is 31.4 Å². The second kappa shape index (κ2) is 16.7. The van der Waals surface area contributed by atoms with E-state index in [1.54, 1.807) is 30.3 Å². The molecule has 210 valence electrons. The molecule has 0 saturated heterocycles. The Morgan fingerprint density at radius 3 is 1.92 bits per heavy atom. The number of rotatable bonds is 18. The van der Waals surface area contributed by atoms with Gasteiger partial charge in [-0.1, -0.05) is 36.8 Å². The van der Waals surface area contributed by atoms with Gasteiger partial charge >= 0.3 is 11.9 Å². The first-order valence-corrected chi connectivity index (χ1v) is 12.1. The van der Waals surface area contributed by atoms with Crippen LogP contribution in [0.3, 0.4) is 0 Å². The minimum atomic E-state index is -1.50. The summed E-state index contributed by atoms with van der Waals surface area (Å²) in [5, 5.41) is 25.6. The SMILES string of the molecule is NCCCCC(N)C(=O)NC(CC(N)=O)C(=O)NC(CCC(=O)O)C(=O)NC(Cc1ccccc1)C(=O)O. The third-order valence-electron chi connectivity index (χ3n) is 5.52. The maximum absolute atomic E-state index is 12.9. The highest BCUT2D eigenvalue weighted by Gasteiger charge is 2.31. The van der Waals surface area contributed by atoms with E-state index in [0.29, 0.717) is 24.9 Å². The molecule has 0 fully saturated rings. The lowest BCUT2D eigenvalue weighted by molar-refractivity contribution is -0.143. The van der Waals surface area contributed by atoms with Crippen LogP contribution < -0.4 is 33.2 Å². The molecule has 0 spiro atoms. The lowest BCUT2D eigenvalue weighted by Gasteiger charge is -2.24. The first-order valence-electron chi connectivity index (χ1n) is 12.1. The Kier molecular flexibility index (Phi) is 14.0. The molecule has 0 heterocycles. The molecule has 14 heteroatoms. The average molecular weight is 537 g/mol. The summed E-state index contributed by atoms with van der Waals surface area (Å²) in [5.41, 5.74) is 17.1. The highest BCUT2D eigenvalue weighted by Crippen LogP contribution is 2.07. The second-order valence-corrected chi connectivity index (χ2v) is 8.71. The van der Waals surface area contributed by atoms with Crippen molar-refractivity contribution in [1.29, 1.82) is 0 Å². The molecule has 0 bridgehead atoms. The molecule has 0 aromatic heterocycles. The molecule has 11 N–H and O–H groups in total. The Hall–Kier alpha value is -4.04. The zero-order valence-electron chi connectivity index (χ0n) is 20.9. The van der Waals surface area contributed by atoms with Crippen LogP contribution >= 0.6 is 0 Å². The summed E-state index contributed by atoms with van der Waals surface area (Å²) in [6.45, 7) is 0.412. The van der Waals surface area contributed by atoms with Gasteiger partial charge in [-0.25, -0.2) is 4.79 Å². The third-order valence-corrected chi connectivity index (χ3v) is 5.52. The zero-order valence-corrected chi connectivity index (χ0v) is 20.9. The summed E-state index contributed by atoms with van der Waals surface area (Å²) in [6, 6.07) is 3.12. The first kappa shape index (κ1) is 32.0. The van der Waals surface area contributed by atoms with Crippen LogP contribution in [0.15, 0.2) is 30.3 Å². The van der Waals surface area contributed by atoms with Crippen LogP contribution in [0.5, 0.6) is 0 Å². The van der Waals surface area contributed by atoms with Gasteiger partial charge < -0.3 is 43.4 Å². The lowest BCUT2D eigenvalue weighted by Crippen LogP contribution is -2.58. The standard InChI is InChI=1S/C24H36N6O8/c25-11-5-4-8-15(26)21(34)29-17(13-19(27)31)23(36)28-16(9-10-20(32)33)22(35)30-18(24(37)38)12-14-6-2-1-3-7-14/h1-3,6-7,15-18H,4-5,8-13,25-26H2,(H2,27,31)(H,28,36)(H,29,34)(H,30,35)(H,32,33)(H,37,38). The molecule has 0 aliphatic carbocycles. The number of aliphatic carboxylic acids is 2. The summed E-state index contributed by atoms with van der Waals surface area (Å²) in [4.78, 5) is 72.7. The number of primary amides is 1. The third kappa shape index (κ3) is 12.3. The Morgan fingerprint density at radius 2 is 1.37 bits per heavy atom. The van der Waals surface area contributed by atoms with E-state index in [2.05, 4.69) is 16.0 Å². The summed E-state index contributed by atoms with van der Waals surface area (Å²) in [7, 11) is 0. The lowest BCUT2D eigenvalue weighted by atomic mass is 10.0. The van der Waals surface area contributed by atoms with Crippen LogP contribution in [-0.4, -0.2) is 76.5 Å². The van der Waals surface area contributed by atoms with Gasteiger partial charge in [0.2, 0.25) is 23.6 Å². The number of unbranched alkanes of at least 4 members (excludes halogenated alkanes) is 1. The molecule has 1 rings (SSSR count). The number of amides is 4. The first-order chi connectivity index (χ1) is 17.9. The fraction of sp³-hybridized carbons (Fsp3) is 0.500. The normalized spacial score (nSPS) is 13.8. The van der Waals surface area contributed by atoms with E-state index in [1.807, 2.05) is 0 Å². The van der Waals surface area contributed by atoms with E-state index in [-0.39, 0.29) is 19.3 Å². The van der Waals surface area contributed by atoms with Gasteiger partial charge in [-0.3, -0.25) is 24.0 Å². The largest absolute Gasteiger partial charge is 0.481 e. The van der Waals surface area contributed by atoms with Crippen molar-refractivity contribution in [2.75, 3.05) is 6.54 Å². The molecule has 0 saturated carbocycles. The van der Waals surface area contributed by atoms with Crippen molar-refractivity contribution >= 4 is 35.6 Å². The molecule has 38 heavy (non-hydrogen) atoms. The number of nitrogens with one attached hydrogen (secondary N) is 3. The Labute approximate surface area is 219 Å². The molecular formula is C24H36N6O8. The molecule has 4 unspecified atom stereocenters. The van der Waals surface area contributed by atoms with Gasteiger partial charge in [0.1, 0.15) is 18.1 Å². The van der Waals surface area contributed by atoms with E-state index in [9.17, 15) is 33.9 Å². The van der Waals surface area contributed by atoms with Crippen LogP contribution in [0.1, 0.15) is 44.1 Å². The topological polar surface area (TPSA) is 257 Å². The van der Waals surface area contributed by atoms with Gasteiger partial charge in [-0.15, -0.1) is 0 Å². The van der Waals surface area contributed by atoms with Crippen molar-refractivity contribution in [2.24, 2.45) is 17.2 Å². The second-order valence-electron chi connectivity index (χ2n) is 8.71. The zero-order chi connectivity index (χ0) is 28.7. The van der Waals surface area contributed by atoms with Crippen molar-refractivity contribution in [3.05, 3.63) is 35.9 Å². The number of hydrogen-bond acceptors (Lipinski definition) is 8. The monoisotopic (exact) mass is 536 g/mol. The Bertz CT molecular complexity index is 974. The number of carboxylic acid groups (broad SMARTS) is 2. The minimum absolute atomic E-state index is 0.0656. The van der Waals surface area contributed by atoms with Crippen LogP contribution in [-0.2, 0) is 35.2 Å². The van der Waals surface area contributed by atoms with Crippen molar-refractivity contribution in [3.63, 3.8) is 0 Å². The van der Waals surface area contributed by atoms with E-state index in [4.69, 9.17) is 22.3 Å². The predicted octanol–water partition coefficient (Wildman–Crippen LogP) is -2.04. The summed E-state index contributed by atoms with van der Waals surface area (Å²) >= 11 is 0. The maximum Gasteiger partial charge on any atom is 0.326 e. The minimum Gasteiger partial charge on any atom is -0.481 e. The number of carbonyl (C=O) groups excluding carboxylic acids is 4. The van der Waals surface area contributed by atoms with Crippen molar-refractivity contribution < 1.29 is 39.0 Å². The number of carboxylic acids is 2. The number of benzene rings is 1. The number of hydrogen-bond donors (Lipinski definition) is 8. The van der Waals surface area contributed by atoms with Gasteiger partial charge in [0, 0.05) is 12.8 Å². The van der Waals surface area contributed by atoms with Crippen LogP contribution in [0.4, 0.5) is 0 Å². The van der Waals surface area contributed by atoms with Crippen LogP contribution in [0.25, 0.3) is 0 Å². The quantitative estimate of drug-likeness (QED) is 0.0953. The fourth-order valence-corrected chi connectivity index (χ4v) is 3.46. The summed E-state index contributed by atoms with van der Waals surface area (Å²) in [5.74, 6) is -6.21. The van der Waals surface area contributed by atoms with Gasteiger partial charge in [-0.2, -0.15) is 0 Å². The van der Waals surface area contributed by atoms with Crippen molar-refractivity contribution in [2.45, 2.75) is 69.1 Å². The highest BCUT2D eigenvalue weighted by atomic mass is 16.4. The molecule has 4 atom stereocenters. The predicted molar refractivity (Wildman–Crippen MR) is 135 cm³/mol. The van der Waals surface area contributed by atoms with Crippen LogP contribution in [0, 0.1) is 0 Å². The Morgan fingerprint density at radius 1 is 0.789 bits per heavy atom. The van der Waals surface area contributed by atoms with Crippen molar-refractivity contribution in [1.82, 2.24) is 16.0 Å². The van der Waals surface area contributed by atoms with E-state index < -0.39 is 72.6 Å². The highest BCUT2D eigenvalue weighted by molar-refractivity contribution is 5.96. The molecular weight excluding hydrogens is 500 g/mol. The summed E-state index contributed by atoms with van der Waals surface area (Å²) < 4.78 is 0. The molecule has 14 nitrogen and oxygen atoms in total. The van der Waals surface area contributed by atoms with Crippen molar-refractivity contribution in [3.8, 4) is 0 Å². The van der Waals surface area contributed by atoms with Crippen LogP contribution in [0.2, 0.25) is 0 Å². The molecule has 4 amide bonds. The fourth-order valence-electron chi connectivity index (χ4n) is 3.46. The maximum atomic E-state index is 12.9. The Balaban J connectivity index is 3.00. The van der Waals surface area contributed by atoms with Gasteiger partial charge in [0.25, 0.3) is 0 Å². The molecule has 0 radical (unpaired) electrons. The van der Waals surface area contributed by atoms with E-state index >= 15 is 0 Å².